The van der Waals surface area contributed by atoms with Crippen LogP contribution in [-0.2, 0) is 14.8 Å². The van der Waals surface area contributed by atoms with Crippen LogP contribution in [0, 0.1) is 0 Å². The van der Waals surface area contributed by atoms with Crippen molar-refractivity contribution in [2.75, 3.05) is 13.2 Å². The number of rotatable bonds is 4. The molecule has 1 atom stereocenters. The molecule has 1 aliphatic rings. The number of hydrogen-bond acceptors (Lipinski definition) is 5. The third-order valence-electron chi connectivity index (χ3n) is 2.91. The van der Waals surface area contributed by atoms with E-state index < -0.39 is 15.6 Å². The Morgan fingerprint density at radius 1 is 1.58 bits per heavy atom. The maximum atomic E-state index is 12.3. The fraction of sp³-hybridized carbons (Fsp3) is 0.545. The minimum atomic E-state index is -3.56. The summed E-state index contributed by atoms with van der Waals surface area (Å²) in [4.78, 5) is 0.805. The maximum absolute atomic E-state index is 12.3. The number of hydrogen-bond donors (Lipinski definition) is 2. The lowest BCUT2D eigenvalue weighted by molar-refractivity contribution is 0.0387. The van der Waals surface area contributed by atoms with E-state index in [1.807, 2.05) is 6.92 Å². The first-order valence-electron chi connectivity index (χ1n) is 5.84. The fourth-order valence-corrected chi connectivity index (χ4v) is 4.76. The summed E-state index contributed by atoms with van der Waals surface area (Å²) in [7, 11) is -3.56. The van der Waals surface area contributed by atoms with E-state index in [4.69, 9.17) is 22.7 Å². The van der Waals surface area contributed by atoms with Gasteiger partial charge < -0.3 is 10.5 Å². The first-order chi connectivity index (χ1) is 8.82. The van der Waals surface area contributed by atoms with Gasteiger partial charge in [0.05, 0.1) is 17.0 Å². The molecule has 19 heavy (non-hydrogen) atoms. The van der Waals surface area contributed by atoms with Crippen LogP contribution in [0.25, 0.3) is 0 Å². The lowest BCUT2D eigenvalue weighted by atomic mass is 9.97. The number of nitrogens with one attached hydrogen (secondary N) is 1. The summed E-state index contributed by atoms with van der Waals surface area (Å²) in [6.07, 6.45) is 1.61. The third-order valence-corrected chi connectivity index (χ3v) is 6.51. The predicted molar refractivity (Wildman–Crippen MR) is 79.0 cm³/mol. The van der Waals surface area contributed by atoms with Crippen LogP contribution in [0.1, 0.15) is 24.6 Å². The second-order valence-corrected chi connectivity index (χ2v) is 8.24. The van der Waals surface area contributed by atoms with E-state index >= 15 is 0 Å². The Kier molecular flexibility index (Phi) is 4.26. The Hall–Kier alpha value is -0.540. The van der Waals surface area contributed by atoms with E-state index in [-0.39, 0.29) is 9.20 Å². The molecule has 1 aliphatic heterocycles. The summed E-state index contributed by atoms with van der Waals surface area (Å²) in [6.45, 7) is 2.92. The minimum Gasteiger partial charge on any atom is -0.389 e. The highest BCUT2D eigenvalue weighted by Gasteiger charge is 2.33. The van der Waals surface area contributed by atoms with Gasteiger partial charge in [0, 0.05) is 6.61 Å². The monoisotopic (exact) mass is 320 g/mol. The number of thiophene rings is 1. The van der Waals surface area contributed by atoms with Crippen molar-refractivity contribution >= 4 is 38.6 Å². The van der Waals surface area contributed by atoms with Crippen molar-refractivity contribution in [3.63, 3.8) is 0 Å². The van der Waals surface area contributed by atoms with Crippen molar-refractivity contribution < 1.29 is 13.2 Å². The van der Waals surface area contributed by atoms with Crippen LogP contribution in [0.4, 0.5) is 0 Å². The van der Waals surface area contributed by atoms with Gasteiger partial charge in [0.1, 0.15) is 9.20 Å². The molecule has 1 saturated heterocycles. The fourth-order valence-electron chi connectivity index (χ4n) is 1.99. The third kappa shape index (κ3) is 3.51. The van der Waals surface area contributed by atoms with Gasteiger partial charge in [-0.3, -0.25) is 0 Å². The van der Waals surface area contributed by atoms with Gasteiger partial charge in [-0.05, 0) is 31.9 Å². The molecule has 2 rings (SSSR count). The van der Waals surface area contributed by atoms with Crippen molar-refractivity contribution in [1.29, 1.82) is 0 Å². The molecule has 3 N–H and O–H groups in total. The summed E-state index contributed by atoms with van der Waals surface area (Å²) in [5.41, 5.74) is 4.94. The van der Waals surface area contributed by atoms with Crippen molar-refractivity contribution in [3.8, 4) is 0 Å². The second-order valence-electron chi connectivity index (χ2n) is 4.81. The molecular weight excluding hydrogens is 304 g/mol. The highest BCUT2D eigenvalue weighted by molar-refractivity contribution is 7.91. The standard InChI is InChI=1S/C11H16N2O3S3/c1-11(5-2-6-16-7-11)13-19(14,15)9-4-3-8(18-9)10(12)17/h3-4,13H,2,5-7H2,1H3,(H2,12,17). The van der Waals surface area contributed by atoms with E-state index in [2.05, 4.69) is 4.72 Å². The number of nitrogens with two attached hydrogens (primary N) is 1. The maximum Gasteiger partial charge on any atom is 0.250 e. The molecule has 0 spiro atoms. The summed E-state index contributed by atoms with van der Waals surface area (Å²) in [5, 5.41) is 0. The Labute approximate surface area is 122 Å². The molecule has 0 bridgehead atoms. The van der Waals surface area contributed by atoms with Gasteiger partial charge in [0.25, 0.3) is 10.0 Å². The molecule has 0 radical (unpaired) electrons. The first kappa shape index (κ1) is 14.9. The molecule has 106 valence electrons. The molecule has 0 aliphatic carbocycles. The first-order valence-corrected chi connectivity index (χ1v) is 8.55. The van der Waals surface area contributed by atoms with Crippen LogP contribution < -0.4 is 10.5 Å². The zero-order valence-electron chi connectivity index (χ0n) is 10.5. The highest BCUT2D eigenvalue weighted by Crippen LogP contribution is 2.25. The lowest BCUT2D eigenvalue weighted by Crippen LogP contribution is -2.51. The van der Waals surface area contributed by atoms with Gasteiger partial charge in [0.15, 0.2) is 0 Å². The summed E-state index contributed by atoms with van der Waals surface area (Å²) < 4.78 is 32.9. The van der Waals surface area contributed by atoms with E-state index in [9.17, 15) is 8.42 Å². The normalized spacial score (nSPS) is 24.3. The topological polar surface area (TPSA) is 81.4 Å². The predicted octanol–water partition coefficient (Wildman–Crippen LogP) is 1.23. The molecule has 5 nitrogen and oxygen atoms in total. The van der Waals surface area contributed by atoms with E-state index in [1.165, 1.54) is 6.07 Å². The van der Waals surface area contributed by atoms with Gasteiger partial charge in [-0.25, -0.2) is 13.1 Å². The van der Waals surface area contributed by atoms with Crippen molar-refractivity contribution in [3.05, 3.63) is 17.0 Å². The molecule has 2 heterocycles. The number of sulfonamides is 1. The lowest BCUT2D eigenvalue weighted by Gasteiger charge is -2.33. The molecule has 1 unspecified atom stereocenters. The number of ether oxygens (including phenoxy) is 1. The summed E-state index contributed by atoms with van der Waals surface area (Å²) in [5.74, 6) is 0. The van der Waals surface area contributed by atoms with Crippen molar-refractivity contribution in [2.45, 2.75) is 29.5 Å². The van der Waals surface area contributed by atoms with Gasteiger partial charge >= 0.3 is 0 Å². The van der Waals surface area contributed by atoms with Crippen LogP contribution in [0.3, 0.4) is 0 Å². The Bertz CT molecular complexity index is 574. The molecule has 0 amide bonds. The summed E-state index contributed by atoms with van der Waals surface area (Å²) in [6, 6.07) is 3.15. The largest absolute Gasteiger partial charge is 0.389 e. The van der Waals surface area contributed by atoms with E-state index in [0.29, 0.717) is 18.1 Å². The van der Waals surface area contributed by atoms with E-state index in [0.717, 1.165) is 24.2 Å². The van der Waals surface area contributed by atoms with Gasteiger partial charge in [-0.1, -0.05) is 12.2 Å². The molecule has 1 aromatic rings. The van der Waals surface area contributed by atoms with Crippen LogP contribution in [0.5, 0.6) is 0 Å². The van der Waals surface area contributed by atoms with Crippen LogP contribution >= 0.6 is 23.6 Å². The zero-order valence-corrected chi connectivity index (χ0v) is 13.0. The quantitative estimate of drug-likeness (QED) is 0.816. The molecule has 8 heteroatoms. The van der Waals surface area contributed by atoms with Crippen molar-refractivity contribution in [2.24, 2.45) is 5.73 Å². The smallest absolute Gasteiger partial charge is 0.250 e. The Morgan fingerprint density at radius 2 is 2.32 bits per heavy atom. The SMILES string of the molecule is CC1(NS(=O)(=O)c2ccc(C(N)=S)s2)CCCOC1. The Balaban J connectivity index is 2.19. The van der Waals surface area contributed by atoms with Gasteiger partial charge in [0.2, 0.25) is 0 Å². The Morgan fingerprint density at radius 3 is 2.84 bits per heavy atom. The highest BCUT2D eigenvalue weighted by atomic mass is 32.2. The minimum absolute atomic E-state index is 0.207. The molecular formula is C11H16N2O3S3. The van der Waals surface area contributed by atoms with Crippen LogP contribution in [0.2, 0.25) is 0 Å². The summed E-state index contributed by atoms with van der Waals surface area (Å²) >= 11 is 5.91. The molecule has 1 aromatic heterocycles. The second kappa shape index (κ2) is 5.45. The molecule has 0 aromatic carbocycles. The average molecular weight is 320 g/mol. The van der Waals surface area contributed by atoms with Crippen LogP contribution in [0.15, 0.2) is 16.3 Å². The van der Waals surface area contributed by atoms with Gasteiger partial charge in [-0.15, -0.1) is 11.3 Å². The van der Waals surface area contributed by atoms with E-state index in [1.54, 1.807) is 6.07 Å². The van der Waals surface area contributed by atoms with Crippen LogP contribution in [-0.4, -0.2) is 32.2 Å². The van der Waals surface area contributed by atoms with Crippen molar-refractivity contribution in [1.82, 2.24) is 4.72 Å². The van der Waals surface area contributed by atoms with Gasteiger partial charge in [-0.2, -0.15) is 0 Å². The average Bonchev–Trinajstić information content (AvgIpc) is 2.78. The zero-order chi connectivity index (χ0) is 14.1. The molecule has 0 saturated carbocycles. The number of thiocarbonyl (C=S) groups is 1. The molecule has 1 fully saturated rings.